The van der Waals surface area contributed by atoms with Crippen LogP contribution in [0, 0.1) is 0 Å². The second kappa shape index (κ2) is 6.25. The highest BCUT2D eigenvalue weighted by Crippen LogP contribution is 2.05. The summed E-state index contributed by atoms with van der Waals surface area (Å²) < 4.78 is 0. The van der Waals surface area contributed by atoms with Crippen LogP contribution in [0.15, 0.2) is 30.3 Å². The molecule has 2 N–H and O–H groups in total. The Hall–Kier alpha value is -1.39. The Morgan fingerprint density at radius 3 is 2.56 bits per heavy atom. The van der Waals surface area contributed by atoms with Gasteiger partial charge in [-0.1, -0.05) is 30.3 Å². The lowest BCUT2D eigenvalue weighted by molar-refractivity contribution is -0.142. The standard InChI is InChI=1S/C12H18N2O2/c1-13-8-11(12(15)16)14(2)9-10-6-4-3-5-7-10/h3-7,11,13H,8-9H2,1-2H3,(H,15,16). The SMILES string of the molecule is CNCC(C(=O)O)N(C)Cc1ccccc1. The molecule has 0 saturated carbocycles. The highest BCUT2D eigenvalue weighted by atomic mass is 16.4. The van der Waals surface area contributed by atoms with Crippen LogP contribution in [-0.4, -0.2) is 42.7 Å². The van der Waals surface area contributed by atoms with Crippen LogP contribution in [0.1, 0.15) is 5.56 Å². The molecule has 1 atom stereocenters. The van der Waals surface area contributed by atoms with Gasteiger partial charge in [0.15, 0.2) is 0 Å². The van der Waals surface area contributed by atoms with Crippen LogP contribution >= 0.6 is 0 Å². The van der Waals surface area contributed by atoms with Gasteiger partial charge in [0.1, 0.15) is 6.04 Å². The summed E-state index contributed by atoms with van der Waals surface area (Å²) in [6, 6.07) is 9.36. The van der Waals surface area contributed by atoms with Crippen molar-refractivity contribution < 1.29 is 9.90 Å². The lowest BCUT2D eigenvalue weighted by Gasteiger charge is -2.24. The lowest BCUT2D eigenvalue weighted by atomic mass is 10.2. The summed E-state index contributed by atoms with van der Waals surface area (Å²) >= 11 is 0. The number of rotatable bonds is 6. The largest absolute Gasteiger partial charge is 0.480 e. The molecular formula is C12H18N2O2. The van der Waals surface area contributed by atoms with E-state index in [0.29, 0.717) is 13.1 Å². The number of likely N-dealkylation sites (N-methyl/N-ethyl adjacent to an activating group) is 2. The number of benzene rings is 1. The van der Waals surface area contributed by atoms with Gasteiger partial charge in [-0.15, -0.1) is 0 Å². The molecule has 4 heteroatoms. The number of carbonyl (C=O) groups is 1. The first-order valence-corrected chi connectivity index (χ1v) is 5.26. The van der Waals surface area contributed by atoms with Crippen molar-refractivity contribution in [1.29, 1.82) is 0 Å². The van der Waals surface area contributed by atoms with Crippen molar-refractivity contribution in [3.8, 4) is 0 Å². The molecule has 1 aromatic carbocycles. The number of nitrogens with zero attached hydrogens (tertiary/aromatic N) is 1. The Kier molecular flexibility index (Phi) is 4.95. The number of hydrogen-bond donors (Lipinski definition) is 2. The Balaban J connectivity index is 2.62. The van der Waals surface area contributed by atoms with E-state index in [0.717, 1.165) is 5.56 Å². The van der Waals surface area contributed by atoms with Crippen LogP contribution in [-0.2, 0) is 11.3 Å². The summed E-state index contributed by atoms with van der Waals surface area (Å²) in [5, 5.41) is 12.0. The molecule has 88 valence electrons. The third-order valence-corrected chi connectivity index (χ3v) is 2.49. The number of carboxylic acid groups (broad SMARTS) is 1. The molecule has 1 unspecified atom stereocenters. The number of nitrogens with one attached hydrogen (secondary N) is 1. The van der Waals surface area contributed by atoms with Gasteiger partial charge in [0.05, 0.1) is 0 Å². The van der Waals surface area contributed by atoms with E-state index in [4.69, 9.17) is 5.11 Å². The molecule has 0 heterocycles. The average Bonchev–Trinajstić information content (AvgIpc) is 2.26. The topological polar surface area (TPSA) is 52.6 Å². The van der Waals surface area contributed by atoms with Gasteiger partial charge in [-0.05, 0) is 19.7 Å². The molecule has 1 aromatic rings. The first-order chi connectivity index (χ1) is 7.65. The van der Waals surface area contributed by atoms with E-state index in [1.54, 1.807) is 7.05 Å². The van der Waals surface area contributed by atoms with Crippen molar-refractivity contribution in [3.63, 3.8) is 0 Å². The first kappa shape index (κ1) is 12.7. The zero-order valence-electron chi connectivity index (χ0n) is 9.68. The maximum Gasteiger partial charge on any atom is 0.322 e. The van der Waals surface area contributed by atoms with Crippen LogP contribution < -0.4 is 5.32 Å². The smallest absolute Gasteiger partial charge is 0.322 e. The van der Waals surface area contributed by atoms with Crippen molar-refractivity contribution >= 4 is 5.97 Å². The van der Waals surface area contributed by atoms with Gasteiger partial charge in [0.2, 0.25) is 0 Å². The number of hydrogen-bond acceptors (Lipinski definition) is 3. The van der Waals surface area contributed by atoms with Crippen LogP contribution in [0.5, 0.6) is 0 Å². The summed E-state index contributed by atoms with van der Waals surface area (Å²) in [7, 11) is 3.58. The third-order valence-electron chi connectivity index (χ3n) is 2.49. The fraction of sp³-hybridized carbons (Fsp3) is 0.417. The van der Waals surface area contributed by atoms with Gasteiger partial charge in [0.25, 0.3) is 0 Å². The summed E-state index contributed by atoms with van der Waals surface area (Å²) in [4.78, 5) is 12.9. The average molecular weight is 222 g/mol. The van der Waals surface area contributed by atoms with Crippen LogP contribution in [0.4, 0.5) is 0 Å². The molecule has 16 heavy (non-hydrogen) atoms. The molecule has 0 aliphatic carbocycles. The Labute approximate surface area is 95.9 Å². The van der Waals surface area contributed by atoms with Crippen LogP contribution in [0.3, 0.4) is 0 Å². The Morgan fingerprint density at radius 1 is 1.44 bits per heavy atom. The zero-order chi connectivity index (χ0) is 12.0. The minimum absolute atomic E-state index is 0.443. The van der Waals surface area contributed by atoms with Crippen molar-refractivity contribution in [2.75, 3.05) is 20.6 Å². The quantitative estimate of drug-likeness (QED) is 0.747. The third kappa shape index (κ3) is 3.64. The maximum absolute atomic E-state index is 11.0. The number of carboxylic acids is 1. The molecule has 0 aliphatic rings. The monoisotopic (exact) mass is 222 g/mol. The molecule has 0 saturated heterocycles. The van der Waals surface area contributed by atoms with E-state index in [1.807, 2.05) is 42.3 Å². The van der Waals surface area contributed by atoms with Gasteiger partial charge in [-0.2, -0.15) is 0 Å². The summed E-state index contributed by atoms with van der Waals surface area (Å²) in [5.74, 6) is -0.798. The zero-order valence-corrected chi connectivity index (χ0v) is 9.68. The van der Waals surface area contributed by atoms with Gasteiger partial charge in [-0.25, -0.2) is 0 Å². The molecule has 0 radical (unpaired) electrons. The molecule has 0 spiro atoms. The second-order valence-corrected chi connectivity index (χ2v) is 3.81. The van der Waals surface area contributed by atoms with Gasteiger partial charge < -0.3 is 10.4 Å². The van der Waals surface area contributed by atoms with E-state index in [-0.39, 0.29) is 0 Å². The van der Waals surface area contributed by atoms with Crippen LogP contribution in [0.2, 0.25) is 0 Å². The maximum atomic E-state index is 11.0. The molecule has 0 fully saturated rings. The van der Waals surface area contributed by atoms with Crippen LogP contribution in [0.25, 0.3) is 0 Å². The summed E-state index contributed by atoms with van der Waals surface area (Å²) in [5.41, 5.74) is 1.12. The highest BCUT2D eigenvalue weighted by molar-refractivity contribution is 5.73. The van der Waals surface area contributed by atoms with E-state index in [1.165, 1.54) is 0 Å². The Bertz CT molecular complexity index is 327. The van der Waals surface area contributed by atoms with Crippen molar-refractivity contribution in [1.82, 2.24) is 10.2 Å². The van der Waals surface area contributed by atoms with Crippen molar-refractivity contribution in [3.05, 3.63) is 35.9 Å². The lowest BCUT2D eigenvalue weighted by Crippen LogP contribution is -2.44. The van der Waals surface area contributed by atoms with Gasteiger partial charge in [-0.3, -0.25) is 9.69 Å². The minimum Gasteiger partial charge on any atom is -0.480 e. The molecular weight excluding hydrogens is 204 g/mol. The molecule has 0 amide bonds. The summed E-state index contributed by atoms with van der Waals surface area (Å²) in [6.45, 7) is 1.08. The normalized spacial score (nSPS) is 12.7. The van der Waals surface area contributed by atoms with Gasteiger partial charge >= 0.3 is 5.97 Å². The highest BCUT2D eigenvalue weighted by Gasteiger charge is 2.21. The van der Waals surface area contributed by atoms with E-state index in [2.05, 4.69) is 5.32 Å². The predicted octanol–water partition coefficient (Wildman–Crippen LogP) is 0.791. The van der Waals surface area contributed by atoms with Crippen molar-refractivity contribution in [2.24, 2.45) is 0 Å². The summed E-state index contributed by atoms with van der Waals surface area (Å²) in [6.07, 6.45) is 0. The predicted molar refractivity (Wildman–Crippen MR) is 63.3 cm³/mol. The molecule has 1 rings (SSSR count). The molecule has 0 aliphatic heterocycles. The van der Waals surface area contributed by atoms with Crippen molar-refractivity contribution in [2.45, 2.75) is 12.6 Å². The second-order valence-electron chi connectivity index (χ2n) is 3.81. The fourth-order valence-electron chi connectivity index (χ4n) is 1.61. The fourth-order valence-corrected chi connectivity index (χ4v) is 1.61. The van der Waals surface area contributed by atoms with E-state index in [9.17, 15) is 4.79 Å². The van der Waals surface area contributed by atoms with E-state index >= 15 is 0 Å². The first-order valence-electron chi connectivity index (χ1n) is 5.26. The molecule has 0 bridgehead atoms. The Morgan fingerprint density at radius 2 is 2.06 bits per heavy atom. The minimum atomic E-state index is -0.798. The molecule has 4 nitrogen and oxygen atoms in total. The number of aliphatic carboxylic acids is 1. The van der Waals surface area contributed by atoms with E-state index < -0.39 is 12.0 Å². The molecule has 0 aromatic heterocycles. The van der Waals surface area contributed by atoms with Gasteiger partial charge in [0, 0.05) is 13.1 Å².